The van der Waals surface area contributed by atoms with E-state index >= 15 is 0 Å². The van der Waals surface area contributed by atoms with Crippen molar-refractivity contribution in [2.45, 2.75) is 26.7 Å². The van der Waals surface area contributed by atoms with E-state index in [-0.39, 0.29) is 5.91 Å². The second kappa shape index (κ2) is 6.17. The number of aromatic nitrogens is 1. The standard InChI is InChI=1S/C14H15ClN2OS/c1-3-4-12(18)16-14-17-13(9(2)19-14)10-5-7-11(15)8-6-10/h5-8H,3-4H2,1-2H3,(H,16,17,18). The second-order valence-electron chi connectivity index (χ2n) is 4.23. The fraction of sp³-hybridized carbons (Fsp3) is 0.286. The topological polar surface area (TPSA) is 42.0 Å². The van der Waals surface area contributed by atoms with Crippen molar-refractivity contribution in [3.05, 3.63) is 34.2 Å². The Hall–Kier alpha value is -1.39. The number of halogens is 1. The van der Waals surface area contributed by atoms with Gasteiger partial charge in [0.1, 0.15) is 0 Å². The third kappa shape index (κ3) is 3.55. The minimum absolute atomic E-state index is 0.0129. The highest BCUT2D eigenvalue weighted by molar-refractivity contribution is 7.16. The van der Waals surface area contributed by atoms with Crippen LogP contribution >= 0.6 is 22.9 Å². The van der Waals surface area contributed by atoms with Crippen LogP contribution < -0.4 is 5.32 Å². The molecule has 0 aliphatic carbocycles. The number of thiazole rings is 1. The number of carbonyl (C=O) groups excluding carboxylic acids is 1. The van der Waals surface area contributed by atoms with E-state index in [4.69, 9.17) is 11.6 Å². The Balaban J connectivity index is 2.21. The smallest absolute Gasteiger partial charge is 0.226 e. The molecule has 0 radical (unpaired) electrons. The van der Waals surface area contributed by atoms with Crippen molar-refractivity contribution >= 4 is 34.0 Å². The fourth-order valence-electron chi connectivity index (χ4n) is 1.73. The summed E-state index contributed by atoms with van der Waals surface area (Å²) < 4.78 is 0. The van der Waals surface area contributed by atoms with Gasteiger partial charge in [0, 0.05) is 21.9 Å². The van der Waals surface area contributed by atoms with Gasteiger partial charge < -0.3 is 5.32 Å². The molecule has 0 saturated heterocycles. The summed E-state index contributed by atoms with van der Waals surface area (Å²) in [4.78, 5) is 17.1. The molecule has 0 fully saturated rings. The molecule has 1 heterocycles. The zero-order valence-corrected chi connectivity index (χ0v) is 12.4. The maximum atomic E-state index is 11.6. The number of benzene rings is 1. The maximum absolute atomic E-state index is 11.6. The van der Waals surface area contributed by atoms with E-state index in [0.717, 1.165) is 22.6 Å². The number of rotatable bonds is 4. The molecule has 0 spiro atoms. The molecule has 0 aliphatic rings. The lowest BCUT2D eigenvalue weighted by atomic mass is 10.1. The molecule has 0 aliphatic heterocycles. The van der Waals surface area contributed by atoms with Crippen molar-refractivity contribution in [3.8, 4) is 11.3 Å². The number of nitrogens with one attached hydrogen (secondary N) is 1. The number of aryl methyl sites for hydroxylation is 1. The van der Waals surface area contributed by atoms with Gasteiger partial charge in [-0.3, -0.25) is 4.79 Å². The van der Waals surface area contributed by atoms with Crippen molar-refractivity contribution in [1.29, 1.82) is 0 Å². The molecule has 2 rings (SSSR count). The lowest BCUT2D eigenvalue weighted by Crippen LogP contribution is -2.10. The second-order valence-corrected chi connectivity index (χ2v) is 5.87. The Morgan fingerprint density at radius 2 is 2.05 bits per heavy atom. The summed E-state index contributed by atoms with van der Waals surface area (Å²) in [5.74, 6) is 0.0129. The van der Waals surface area contributed by atoms with E-state index in [0.29, 0.717) is 16.6 Å². The van der Waals surface area contributed by atoms with Gasteiger partial charge in [-0.25, -0.2) is 4.98 Å². The first-order chi connectivity index (χ1) is 9.10. The number of nitrogens with zero attached hydrogens (tertiary/aromatic N) is 1. The molecule has 3 nitrogen and oxygen atoms in total. The molecule has 2 aromatic rings. The van der Waals surface area contributed by atoms with Crippen molar-refractivity contribution in [3.63, 3.8) is 0 Å². The average Bonchev–Trinajstić information content (AvgIpc) is 2.71. The third-order valence-corrected chi connectivity index (χ3v) is 3.78. The van der Waals surface area contributed by atoms with Crippen molar-refractivity contribution in [2.24, 2.45) is 0 Å². The molecule has 19 heavy (non-hydrogen) atoms. The van der Waals surface area contributed by atoms with Crippen LogP contribution in [0.25, 0.3) is 11.3 Å². The molecule has 0 bridgehead atoms. The first-order valence-electron chi connectivity index (χ1n) is 6.13. The largest absolute Gasteiger partial charge is 0.302 e. The van der Waals surface area contributed by atoms with Crippen LogP contribution in [-0.4, -0.2) is 10.9 Å². The molecule has 5 heteroatoms. The summed E-state index contributed by atoms with van der Waals surface area (Å²) in [7, 11) is 0. The summed E-state index contributed by atoms with van der Waals surface area (Å²) >= 11 is 7.36. The van der Waals surface area contributed by atoms with Crippen LogP contribution in [0.3, 0.4) is 0 Å². The summed E-state index contributed by atoms with van der Waals surface area (Å²) in [6.45, 7) is 3.98. The number of anilines is 1. The molecular formula is C14H15ClN2OS. The van der Waals surface area contributed by atoms with E-state index in [1.54, 1.807) is 0 Å². The Bertz CT molecular complexity index is 578. The van der Waals surface area contributed by atoms with Crippen LogP contribution in [0, 0.1) is 6.92 Å². The van der Waals surface area contributed by atoms with E-state index in [1.165, 1.54) is 11.3 Å². The van der Waals surface area contributed by atoms with Gasteiger partial charge in [-0.05, 0) is 25.5 Å². The highest BCUT2D eigenvalue weighted by Crippen LogP contribution is 2.31. The highest BCUT2D eigenvalue weighted by Gasteiger charge is 2.11. The minimum atomic E-state index is 0.0129. The van der Waals surface area contributed by atoms with E-state index in [9.17, 15) is 4.79 Å². The third-order valence-electron chi connectivity index (χ3n) is 2.64. The fourth-order valence-corrected chi connectivity index (χ4v) is 2.71. The molecule has 0 unspecified atom stereocenters. The normalized spacial score (nSPS) is 10.5. The van der Waals surface area contributed by atoms with Crippen LogP contribution in [0.1, 0.15) is 24.6 Å². The van der Waals surface area contributed by atoms with Gasteiger partial charge in [0.05, 0.1) is 5.69 Å². The van der Waals surface area contributed by atoms with Gasteiger partial charge in [0.2, 0.25) is 5.91 Å². The van der Waals surface area contributed by atoms with E-state index in [1.807, 2.05) is 38.1 Å². The minimum Gasteiger partial charge on any atom is -0.302 e. The van der Waals surface area contributed by atoms with Crippen LogP contribution in [0.15, 0.2) is 24.3 Å². The molecule has 1 aromatic carbocycles. The van der Waals surface area contributed by atoms with Crippen molar-refractivity contribution < 1.29 is 4.79 Å². The van der Waals surface area contributed by atoms with Crippen molar-refractivity contribution in [2.75, 3.05) is 5.32 Å². The number of carbonyl (C=O) groups is 1. The molecule has 0 atom stereocenters. The summed E-state index contributed by atoms with van der Waals surface area (Å²) in [6, 6.07) is 7.54. The number of hydrogen-bond donors (Lipinski definition) is 1. The molecule has 1 N–H and O–H groups in total. The van der Waals surface area contributed by atoms with Gasteiger partial charge in [0.15, 0.2) is 5.13 Å². The Kier molecular flexibility index (Phi) is 4.56. The van der Waals surface area contributed by atoms with Gasteiger partial charge >= 0.3 is 0 Å². The molecular weight excluding hydrogens is 280 g/mol. The summed E-state index contributed by atoms with van der Waals surface area (Å²) in [5.41, 5.74) is 1.91. The molecule has 100 valence electrons. The number of hydrogen-bond acceptors (Lipinski definition) is 3. The first-order valence-corrected chi connectivity index (χ1v) is 7.33. The lowest BCUT2D eigenvalue weighted by Gasteiger charge is -1.99. The number of amides is 1. The van der Waals surface area contributed by atoms with Gasteiger partial charge in [-0.2, -0.15) is 0 Å². The highest BCUT2D eigenvalue weighted by atomic mass is 35.5. The van der Waals surface area contributed by atoms with Crippen molar-refractivity contribution in [1.82, 2.24) is 4.98 Å². The average molecular weight is 295 g/mol. The maximum Gasteiger partial charge on any atom is 0.226 e. The summed E-state index contributed by atoms with van der Waals surface area (Å²) in [6.07, 6.45) is 1.36. The van der Waals surface area contributed by atoms with Crippen LogP contribution in [0.4, 0.5) is 5.13 Å². The predicted octanol–water partition coefficient (Wildman–Crippen LogP) is 4.51. The predicted molar refractivity (Wildman–Crippen MR) is 80.8 cm³/mol. The Morgan fingerprint density at radius 1 is 1.37 bits per heavy atom. The zero-order valence-electron chi connectivity index (χ0n) is 10.9. The monoisotopic (exact) mass is 294 g/mol. The van der Waals surface area contributed by atoms with Gasteiger partial charge in [-0.15, -0.1) is 11.3 Å². The van der Waals surface area contributed by atoms with Crippen LogP contribution in [0.2, 0.25) is 5.02 Å². The van der Waals surface area contributed by atoms with Crippen LogP contribution in [-0.2, 0) is 4.79 Å². The first kappa shape index (κ1) is 14.0. The lowest BCUT2D eigenvalue weighted by molar-refractivity contribution is -0.116. The van der Waals surface area contributed by atoms with E-state index in [2.05, 4.69) is 10.3 Å². The summed E-state index contributed by atoms with van der Waals surface area (Å²) in [5, 5.41) is 4.18. The van der Waals surface area contributed by atoms with Gasteiger partial charge in [0.25, 0.3) is 0 Å². The van der Waals surface area contributed by atoms with Gasteiger partial charge in [-0.1, -0.05) is 30.7 Å². The molecule has 0 saturated carbocycles. The quantitative estimate of drug-likeness (QED) is 0.901. The molecule has 1 amide bonds. The Labute approximate surface area is 121 Å². The molecule has 1 aromatic heterocycles. The van der Waals surface area contributed by atoms with Crippen LogP contribution in [0.5, 0.6) is 0 Å². The SMILES string of the molecule is CCCC(=O)Nc1nc(-c2ccc(Cl)cc2)c(C)s1. The van der Waals surface area contributed by atoms with E-state index < -0.39 is 0 Å². The zero-order chi connectivity index (χ0) is 13.8. The Morgan fingerprint density at radius 3 is 2.68 bits per heavy atom.